The first kappa shape index (κ1) is 35.1. The number of aliphatic carboxylic acids is 1. The number of nitrogen functional groups attached to an aromatic ring is 1. The van der Waals surface area contributed by atoms with E-state index in [0.717, 1.165) is 26.7 Å². The van der Waals surface area contributed by atoms with Crippen LogP contribution in [0.15, 0.2) is 52.7 Å². The highest BCUT2D eigenvalue weighted by Gasteiger charge is 2.54. The molecule has 2 aliphatic rings. The second-order valence-electron chi connectivity index (χ2n) is 9.64. The lowest BCUT2D eigenvalue weighted by molar-refractivity contribution is -0.150. The van der Waals surface area contributed by atoms with Crippen LogP contribution in [-0.4, -0.2) is 84.2 Å². The fourth-order valence-electron chi connectivity index (χ4n) is 4.39. The Bertz CT molecular complexity index is 1880. The number of fused-ring (bicyclic) bond motifs is 1. The number of aromatic nitrogens is 2. The van der Waals surface area contributed by atoms with Gasteiger partial charge in [0.15, 0.2) is 29.0 Å². The Balaban J connectivity index is 1.17. The molecule has 5 rings (SSSR count). The normalized spacial score (nSPS) is 17.5. The Morgan fingerprint density at radius 1 is 1.31 bits per heavy atom. The number of thioether (sulfide) groups is 3. The number of anilines is 1. The van der Waals surface area contributed by atoms with Crippen molar-refractivity contribution in [1.29, 1.82) is 0 Å². The van der Waals surface area contributed by atoms with Crippen LogP contribution in [-0.2, 0) is 31.5 Å². The van der Waals surface area contributed by atoms with Gasteiger partial charge in [0.05, 0.1) is 0 Å². The van der Waals surface area contributed by atoms with Crippen molar-refractivity contribution in [3.8, 4) is 0 Å². The Morgan fingerprint density at radius 2 is 2.10 bits per heavy atom. The van der Waals surface area contributed by atoms with E-state index in [1.165, 1.54) is 42.2 Å². The summed E-state index contributed by atoms with van der Waals surface area (Å²) in [6.45, 7) is 1.54. The molecule has 17 nitrogen and oxygen atoms in total. The van der Waals surface area contributed by atoms with Crippen molar-refractivity contribution in [2.24, 2.45) is 5.16 Å². The first-order valence-corrected chi connectivity index (χ1v) is 17.7. The lowest BCUT2D eigenvalue weighted by atomic mass is 10.0. The predicted octanol–water partition coefficient (Wildman–Crippen LogP) is 2.45. The van der Waals surface area contributed by atoms with E-state index < -0.39 is 46.8 Å². The molecular weight excluding hydrogens is 734 g/mol. The smallest absolute Gasteiger partial charge is 0.477 e. The second-order valence-corrected chi connectivity index (χ2v) is 14.6. The molecule has 22 heteroatoms. The zero-order valence-corrected chi connectivity index (χ0v) is 28.5. The largest absolute Gasteiger partial charge is 0.519 e. The maximum atomic E-state index is 13.2. The molecule has 0 aromatic carbocycles. The zero-order valence-electron chi connectivity index (χ0n) is 24.5. The minimum atomic E-state index is -1.31. The number of nitrogens with zero attached hydrogens (tertiary/aromatic N) is 4. The van der Waals surface area contributed by atoms with E-state index in [1.54, 1.807) is 18.5 Å². The van der Waals surface area contributed by atoms with Crippen LogP contribution in [0.1, 0.15) is 22.8 Å². The van der Waals surface area contributed by atoms with Crippen LogP contribution in [0.4, 0.5) is 9.93 Å². The summed E-state index contributed by atoms with van der Waals surface area (Å²) in [6, 6.07) is 0.645. The Kier molecular flexibility index (Phi) is 11.2. The number of nitrogens with two attached hydrogens (primary N) is 1. The van der Waals surface area contributed by atoms with Crippen molar-refractivity contribution < 1.29 is 43.1 Å². The number of carbonyl (C=O) groups excluding carboxylic acids is 3. The van der Waals surface area contributed by atoms with Gasteiger partial charge in [0, 0.05) is 46.0 Å². The van der Waals surface area contributed by atoms with Gasteiger partial charge in [0.25, 0.3) is 11.8 Å². The highest BCUT2D eigenvalue weighted by molar-refractivity contribution is 8.06. The van der Waals surface area contributed by atoms with Gasteiger partial charge in [-0.1, -0.05) is 39.9 Å². The highest BCUT2D eigenvalue weighted by Crippen LogP contribution is 2.46. The summed E-state index contributed by atoms with van der Waals surface area (Å²) in [7, 11) is 0. The number of ether oxygens (including phenoxy) is 1. The molecule has 2 atom stereocenters. The summed E-state index contributed by atoms with van der Waals surface area (Å²) in [4.78, 5) is 71.8. The van der Waals surface area contributed by atoms with E-state index >= 15 is 0 Å². The average molecular weight is 758 g/mol. The Labute approximate surface area is 291 Å². The molecule has 48 heavy (non-hydrogen) atoms. The van der Waals surface area contributed by atoms with E-state index in [1.807, 2.05) is 0 Å². The molecule has 0 spiro atoms. The maximum Gasteiger partial charge on any atom is 0.519 e. The van der Waals surface area contributed by atoms with Gasteiger partial charge in [-0.05, 0) is 18.6 Å². The highest BCUT2D eigenvalue weighted by atomic mass is 35.5. The summed E-state index contributed by atoms with van der Waals surface area (Å²) in [6.07, 6.45) is 2.53. The number of aryl methyl sites for hydroxylation is 1. The predicted molar refractivity (Wildman–Crippen MR) is 176 cm³/mol. The number of pyridine rings is 1. The molecule has 0 bridgehead atoms. The fourth-order valence-corrected chi connectivity index (χ4v) is 8.82. The van der Waals surface area contributed by atoms with Gasteiger partial charge in [0.2, 0.25) is 0 Å². The number of carboxylic acids is 1. The van der Waals surface area contributed by atoms with E-state index in [-0.39, 0.29) is 51.3 Å². The monoisotopic (exact) mass is 757 g/mol. The van der Waals surface area contributed by atoms with Gasteiger partial charge in [-0.15, -0.1) is 11.8 Å². The molecule has 6 N–H and O–H groups in total. The number of amides is 3. The zero-order chi connectivity index (χ0) is 34.5. The molecule has 0 unspecified atom stereocenters. The van der Waals surface area contributed by atoms with Crippen LogP contribution in [0.5, 0.6) is 0 Å². The van der Waals surface area contributed by atoms with Gasteiger partial charge >= 0.3 is 17.9 Å². The van der Waals surface area contributed by atoms with E-state index in [2.05, 4.69) is 25.8 Å². The third kappa shape index (κ3) is 7.75. The second kappa shape index (κ2) is 15.4. The number of nitrogens with one attached hydrogen (secondary N) is 2. The molecule has 254 valence electrons. The summed E-state index contributed by atoms with van der Waals surface area (Å²) < 4.78 is 14.5. The molecule has 1 saturated heterocycles. The number of rotatable bonds is 13. The molecule has 2 aliphatic heterocycles. The summed E-state index contributed by atoms with van der Waals surface area (Å²) in [5.41, 5.74) is 5.53. The SMILES string of the molecule is Cc1oc(=O)oc1COC(=O)NCCSCc1cnccc1SC1=C(C(=O)O)N2C(=O)[C@@H](NC(=O)/C(=N\O)c3nc(N)sc3Cl)[C@@H]2SC1. The van der Waals surface area contributed by atoms with Gasteiger partial charge in [-0.3, -0.25) is 19.5 Å². The van der Waals surface area contributed by atoms with Gasteiger partial charge < -0.3 is 40.3 Å². The fraction of sp³-hybridized carbons (Fsp3) is 0.308. The number of hydrogen-bond acceptors (Lipinski definition) is 17. The number of β-lactam (4-membered cyclic amide) rings is 1. The molecule has 3 aromatic rings. The van der Waals surface area contributed by atoms with Crippen LogP contribution in [0, 0.1) is 6.92 Å². The van der Waals surface area contributed by atoms with Crippen LogP contribution < -0.4 is 22.2 Å². The van der Waals surface area contributed by atoms with E-state index in [9.17, 15) is 34.3 Å². The molecule has 0 aliphatic carbocycles. The van der Waals surface area contributed by atoms with Crippen molar-refractivity contribution in [2.75, 3.05) is 23.8 Å². The van der Waals surface area contributed by atoms with E-state index in [0.29, 0.717) is 16.4 Å². The molecule has 5 heterocycles. The maximum absolute atomic E-state index is 13.2. The Hall–Kier alpha value is -4.18. The molecule has 3 amide bonds. The number of carboxylic acid groups (broad SMARTS) is 1. The number of thiazole rings is 1. The van der Waals surface area contributed by atoms with Crippen LogP contribution in [0.3, 0.4) is 0 Å². The summed E-state index contributed by atoms with van der Waals surface area (Å²) in [5.74, 6) is -2.21. The van der Waals surface area contributed by atoms with Crippen molar-refractivity contribution in [3.63, 3.8) is 0 Å². The first-order valence-electron chi connectivity index (χ1n) is 13.5. The van der Waals surface area contributed by atoms with Gasteiger partial charge in [0.1, 0.15) is 27.1 Å². The number of halogens is 1. The average Bonchev–Trinajstić information content (AvgIpc) is 3.56. The van der Waals surface area contributed by atoms with Gasteiger partial charge in [-0.25, -0.2) is 19.4 Å². The minimum absolute atomic E-state index is 0.0164. The minimum Gasteiger partial charge on any atom is -0.477 e. The number of hydrogen-bond donors (Lipinski definition) is 5. The lowest BCUT2D eigenvalue weighted by Crippen LogP contribution is -2.71. The van der Waals surface area contributed by atoms with Crippen LogP contribution >= 0.6 is 58.2 Å². The third-order valence-electron chi connectivity index (χ3n) is 6.60. The molecule has 1 fully saturated rings. The van der Waals surface area contributed by atoms with Crippen molar-refractivity contribution in [2.45, 2.75) is 35.6 Å². The topological polar surface area (TPSA) is 253 Å². The third-order valence-corrected chi connectivity index (χ3v) is 11.4. The molecule has 0 radical (unpaired) electrons. The van der Waals surface area contributed by atoms with Crippen molar-refractivity contribution in [3.05, 3.63) is 66.8 Å². The summed E-state index contributed by atoms with van der Waals surface area (Å²) >= 11 is 10.9. The molecular formula is C26H24ClN7O10S4. The van der Waals surface area contributed by atoms with Crippen LogP contribution in [0.25, 0.3) is 0 Å². The van der Waals surface area contributed by atoms with Crippen molar-refractivity contribution >= 4 is 92.9 Å². The lowest BCUT2D eigenvalue weighted by Gasteiger charge is -2.49. The Morgan fingerprint density at radius 3 is 2.77 bits per heavy atom. The summed E-state index contributed by atoms with van der Waals surface area (Å²) in [5, 5.41) is 26.9. The van der Waals surface area contributed by atoms with Crippen LogP contribution in [0.2, 0.25) is 4.34 Å². The number of carbonyl (C=O) groups is 4. The van der Waals surface area contributed by atoms with E-state index in [4.69, 9.17) is 30.9 Å². The number of alkyl carbamates (subject to hydrolysis) is 1. The van der Waals surface area contributed by atoms with Crippen molar-refractivity contribution in [1.82, 2.24) is 25.5 Å². The number of oxime groups is 1. The first-order chi connectivity index (χ1) is 23.0. The molecule has 3 aromatic heterocycles. The standard InChI is InChI=1S/C26H24ClN7O10S4/c1-10-12(44-26(40)43-10)7-42-25(39)30-4-5-45-8-11-6-29-3-2-13(11)47-14-9-46-22-17(21(36)34(22)18(14)23(37)38)31-20(35)16(33-41)15-19(27)48-24(28)32-15/h2-3,6,17,22,41H,4-5,7-9H2,1H3,(H2,28,32)(H,30,39)(H,31,35)(H,37,38)/b33-16-/t17-,22+/m1/s1. The quantitative estimate of drug-likeness (QED) is 0.0552. The molecule has 0 saturated carbocycles. The van der Waals surface area contributed by atoms with Gasteiger partial charge in [-0.2, -0.15) is 11.8 Å².